The number of carbonyl (C=O) groups is 1. The maximum atomic E-state index is 12.3. The summed E-state index contributed by atoms with van der Waals surface area (Å²) in [6.45, 7) is 3.47. The minimum Gasteiger partial charge on any atom is -0.394 e. The number of hydrogen-bond acceptors (Lipinski definition) is 4. The number of halogens is 1. The van der Waals surface area contributed by atoms with Gasteiger partial charge in [0.2, 0.25) is 5.91 Å². The Morgan fingerprint density at radius 1 is 1.52 bits per heavy atom. The number of rotatable bonds is 4. The molecule has 1 aliphatic heterocycles. The van der Waals surface area contributed by atoms with E-state index >= 15 is 0 Å². The highest BCUT2D eigenvalue weighted by molar-refractivity contribution is 6.30. The molecule has 1 saturated heterocycles. The topological polar surface area (TPSA) is 56.7 Å². The first kappa shape index (κ1) is 16.0. The number of carbonyl (C=O) groups excluding carboxylic acids is 1. The van der Waals surface area contributed by atoms with Crippen molar-refractivity contribution in [2.45, 2.75) is 25.8 Å². The molecule has 0 spiro atoms. The largest absolute Gasteiger partial charge is 0.394 e. The van der Waals surface area contributed by atoms with Crippen molar-refractivity contribution in [3.8, 4) is 0 Å². The van der Waals surface area contributed by atoms with Gasteiger partial charge in [-0.25, -0.2) is 4.98 Å². The quantitative estimate of drug-likeness (QED) is 0.921. The summed E-state index contributed by atoms with van der Waals surface area (Å²) < 4.78 is 0. The predicted molar refractivity (Wildman–Crippen MR) is 83.5 cm³/mol. The SMILES string of the molecule is CC(CO)N(C)C(=O)C1CCN(c2ccc(Cl)cn2)CC1. The molecule has 2 heterocycles. The predicted octanol–water partition coefficient (Wildman–Crippen LogP) is 1.79. The van der Waals surface area contributed by atoms with Crippen LogP contribution in [0.25, 0.3) is 0 Å². The zero-order valence-corrected chi connectivity index (χ0v) is 13.3. The highest BCUT2D eigenvalue weighted by Crippen LogP contribution is 2.24. The van der Waals surface area contributed by atoms with Crippen LogP contribution in [0.1, 0.15) is 19.8 Å². The van der Waals surface area contributed by atoms with E-state index in [1.165, 1.54) is 0 Å². The third-order valence-electron chi connectivity index (χ3n) is 4.15. The number of aromatic nitrogens is 1. The van der Waals surface area contributed by atoms with Gasteiger partial charge in [-0.2, -0.15) is 0 Å². The molecule has 0 radical (unpaired) electrons. The Balaban J connectivity index is 1.91. The molecule has 0 aliphatic carbocycles. The molecule has 116 valence electrons. The van der Waals surface area contributed by atoms with E-state index in [2.05, 4.69) is 9.88 Å². The summed E-state index contributed by atoms with van der Waals surface area (Å²) in [6.07, 6.45) is 3.27. The van der Waals surface area contributed by atoms with Gasteiger partial charge in [0.05, 0.1) is 17.7 Å². The molecule has 0 saturated carbocycles. The maximum absolute atomic E-state index is 12.3. The number of anilines is 1. The van der Waals surface area contributed by atoms with Crippen LogP contribution in [0.3, 0.4) is 0 Å². The summed E-state index contributed by atoms with van der Waals surface area (Å²) in [5.74, 6) is 1.06. The second-order valence-electron chi connectivity index (χ2n) is 5.58. The van der Waals surface area contributed by atoms with Gasteiger partial charge in [-0.15, -0.1) is 0 Å². The van der Waals surface area contributed by atoms with Gasteiger partial charge < -0.3 is 14.9 Å². The normalized spacial score (nSPS) is 17.6. The van der Waals surface area contributed by atoms with Gasteiger partial charge in [0.15, 0.2) is 0 Å². The Morgan fingerprint density at radius 3 is 2.71 bits per heavy atom. The average molecular weight is 312 g/mol. The van der Waals surface area contributed by atoms with E-state index in [4.69, 9.17) is 16.7 Å². The second-order valence-corrected chi connectivity index (χ2v) is 6.01. The summed E-state index contributed by atoms with van der Waals surface area (Å²) in [4.78, 5) is 20.5. The molecule has 1 N–H and O–H groups in total. The van der Waals surface area contributed by atoms with Crippen LogP contribution >= 0.6 is 11.6 Å². The molecule has 1 aliphatic rings. The maximum Gasteiger partial charge on any atom is 0.225 e. The number of aliphatic hydroxyl groups is 1. The lowest BCUT2D eigenvalue weighted by molar-refractivity contribution is -0.137. The third-order valence-corrected chi connectivity index (χ3v) is 4.38. The van der Waals surface area contributed by atoms with Crippen LogP contribution in [0.2, 0.25) is 5.02 Å². The van der Waals surface area contributed by atoms with E-state index in [0.717, 1.165) is 31.7 Å². The summed E-state index contributed by atoms with van der Waals surface area (Å²) in [7, 11) is 1.76. The highest BCUT2D eigenvalue weighted by Gasteiger charge is 2.29. The van der Waals surface area contributed by atoms with Crippen LogP contribution < -0.4 is 4.90 Å². The third kappa shape index (κ3) is 3.86. The molecular weight excluding hydrogens is 290 g/mol. The fraction of sp³-hybridized carbons (Fsp3) is 0.600. The monoisotopic (exact) mass is 311 g/mol. The number of hydrogen-bond donors (Lipinski definition) is 1. The minimum absolute atomic E-state index is 0.00419. The Kier molecular flexibility index (Phi) is 5.42. The lowest BCUT2D eigenvalue weighted by Crippen LogP contribution is -2.45. The molecule has 1 atom stereocenters. The highest BCUT2D eigenvalue weighted by atomic mass is 35.5. The molecule has 21 heavy (non-hydrogen) atoms. The molecule has 2 rings (SSSR count). The van der Waals surface area contributed by atoms with Gasteiger partial charge in [0.1, 0.15) is 5.82 Å². The smallest absolute Gasteiger partial charge is 0.225 e. The van der Waals surface area contributed by atoms with Crippen molar-refractivity contribution in [1.29, 1.82) is 0 Å². The van der Waals surface area contributed by atoms with Crippen molar-refractivity contribution < 1.29 is 9.90 Å². The first-order valence-corrected chi connectivity index (χ1v) is 7.64. The van der Waals surface area contributed by atoms with Crippen molar-refractivity contribution in [3.63, 3.8) is 0 Å². The van der Waals surface area contributed by atoms with Crippen LogP contribution in [-0.4, -0.2) is 53.7 Å². The molecule has 1 aromatic heterocycles. The molecule has 6 heteroatoms. The van der Waals surface area contributed by atoms with Gasteiger partial charge in [0.25, 0.3) is 0 Å². The Bertz CT molecular complexity index is 472. The minimum atomic E-state index is -0.131. The number of nitrogens with zero attached hydrogens (tertiary/aromatic N) is 3. The summed E-state index contributed by atoms with van der Waals surface area (Å²) in [6, 6.07) is 3.61. The summed E-state index contributed by atoms with van der Waals surface area (Å²) in [5, 5.41) is 9.77. The lowest BCUT2D eigenvalue weighted by atomic mass is 9.95. The van der Waals surface area contributed by atoms with Crippen molar-refractivity contribution in [2.24, 2.45) is 5.92 Å². The molecule has 1 amide bonds. The molecule has 0 bridgehead atoms. The van der Waals surface area contributed by atoms with Crippen molar-refractivity contribution in [1.82, 2.24) is 9.88 Å². The fourth-order valence-electron chi connectivity index (χ4n) is 2.54. The van der Waals surface area contributed by atoms with Gasteiger partial charge in [-0.05, 0) is 31.9 Å². The van der Waals surface area contributed by atoms with Crippen molar-refractivity contribution in [3.05, 3.63) is 23.4 Å². The number of likely N-dealkylation sites (N-methyl/N-ethyl adjacent to an activating group) is 1. The van der Waals surface area contributed by atoms with Crippen LogP contribution in [0, 0.1) is 5.92 Å². The van der Waals surface area contributed by atoms with Crippen LogP contribution in [-0.2, 0) is 4.79 Å². The number of pyridine rings is 1. The number of aliphatic hydroxyl groups excluding tert-OH is 1. The summed E-state index contributed by atoms with van der Waals surface area (Å²) >= 11 is 5.84. The second kappa shape index (κ2) is 7.09. The lowest BCUT2D eigenvalue weighted by Gasteiger charge is -2.35. The molecule has 1 aromatic rings. The van der Waals surface area contributed by atoms with Gasteiger partial charge >= 0.3 is 0 Å². The molecule has 0 aromatic carbocycles. The average Bonchev–Trinajstić information content (AvgIpc) is 2.53. The van der Waals surface area contributed by atoms with E-state index in [9.17, 15) is 4.79 Å². The van der Waals surface area contributed by atoms with E-state index in [0.29, 0.717) is 5.02 Å². The van der Waals surface area contributed by atoms with E-state index < -0.39 is 0 Å². The first-order valence-electron chi connectivity index (χ1n) is 7.27. The van der Waals surface area contributed by atoms with Gasteiger partial charge in [-0.3, -0.25) is 4.79 Å². The zero-order chi connectivity index (χ0) is 15.4. The Morgan fingerprint density at radius 2 is 2.19 bits per heavy atom. The fourth-order valence-corrected chi connectivity index (χ4v) is 2.65. The van der Waals surface area contributed by atoms with E-state index in [-0.39, 0.29) is 24.5 Å². The van der Waals surface area contributed by atoms with E-state index in [1.807, 2.05) is 19.1 Å². The summed E-state index contributed by atoms with van der Waals surface area (Å²) in [5.41, 5.74) is 0. The first-order chi connectivity index (χ1) is 10.0. The molecule has 5 nitrogen and oxygen atoms in total. The van der Waals surface area contributed by atoms with Crippen LogP contribution in [0.5, 0.6) is 0 Å². The number of amides is 1. The molecule has 1 fully saturated rings. The van der Waals surface area contributed by atoms with Crippen molar-refractivity contribution in [2.75, 3.05) is 31.6 Å². The number of piperidine rings is 1. The molecular formula is C15H22ClN3O2. The Hall–Kier alpha value is -1.33. The van der Waals surface area contributed by atoms with Crippen molar-refractivity contribution >= 4 is 23.3 Å². The molecule has 1 unspecified atom stereocenters. The Labute approximate surface area is 130 Å². The zero-order valence-electron chi connectivity index (χ0n) is 12.5. The van der Waals surface area contributed by atoms with Crippen LogP contribution in [0.4, 0.5) is 5.82 Å². The van der Waals surface area contributed by atoms with E-state index in [1.54, 1.807) is 18.1 Å². The standard InChI is InChI=1S/C15H22ClN3O2/c1-11(10-20)18(2)15(21)12-5-7-19(8-6-12)14-4-3-13(16)9-17-14/h3-4,9,11-12,20H,5-8,10H2,1-2H3. The van der Waals surface area contributed by atoms with Crippen LogP contribution in [0.15, 0.2) is 18.3 Å². The van der Waals surface area contributed by atoms with Gasteiger partial charge in [0, 0.05) is 32.3 Å². The van der Waals surface area contributed by atoms with Gasteiger partial charge in [-0.1, -0.05) is 11.6 Å².